The molecule has 2 nitrogen and oxygen atoms in total. The van der Waals surface area contributed by atoms with Gasteiger partial charge < -0.3 is 10.8 Å². The molecule has 3 N–H and O–H groups in total. The highest BCUT2D eigenvalue weighted by molar-refractivity contribution is 7.13. The maximum Gasteiger partial charge on any atom is 0.127 e. The fourth-order valence-corrected chi connectivity index (χ4v) is 2.17. The Bertz CT molecular complexity index is 449. The lowest BCUT2D eigenvalue weighted by atomic mass is 10.1. The fraction of sp³-hybridized carbons (Fsp3) is 0.0909. The number of anilines is 1. The fourth-order valence-electron chi connectivity index (χ4n) is 1.43. The molecule has 14 heavy (non-hydrogen) atoms. The second-order valence-electron chi connectivity index (χ2n) is 3.21. The molecule has 72 valence electrons. The Morgan fingerprint density at radius 3 is 2.79 bits per heavy atom. The van der Waals surface area contributed by atoms with Crippen molar-refractivity contribution < 1.29 is 5.11 Å². The number of aromatic hydroxyl groups is 1. The normalized spacial score (nSPS) is 10.4. The van der Waals surface area contributed by atoms with E-state index in [2.05, 4.69) is 0 Å². The van der Waals surface area contributed by atoms with Gasteiger partial charge in [0.25, 0.3) is 0 Å². The first kappa shape index (κ1) is 9.09. The third-order valence-corrected chi connectivity index (χ3v) is 3.01. The number of hydrogen-bond acceptors (Lipinski definition) is 3. The van der Waals surface area contributed by atoms with Gasteiger partial charge in [-0.05, 0) is 36.1 Å². The van der Waals surface area contributed by atoms with Crippen LogP contribution in [0.2, 0.25) is 0 Å². The minimum Gasteiger partial charge on any atom is -0.507 e. The second kappa shape index (κ2) is 3.35. The third-order valence-electron chi connectivity index (χ3n) is 2.11. The average molecular weight is 205 g/mol. The van der Waals surface area contributed by atoms with E-state index in [1.807, 2.05) is 24.4 Å². The largest absolute Gasteiger partial charge is 0.507 e. The van der Waals surface area contributed by atoms with Crippen molar-refractivity contribution in [3.05, 3.63) is 35.2 Å². The Balaban J connectivity index is 2.64. The molecule has 1 aromatic heterocycles. The third kappa shape index (κ3) is 1.46. The van der Waals surface area contributed by atoms with Crippen molar-refractivity contribution in [2.45, 2.75) is 6.92 Å². The maximum absolute atomic E-state index is 9.84. The van der Waals surface area contributed by atoms with Gasteiger partial charge in [0.15, 0.2) is 0 Å². The summed E-state index contributed by atoms with van der Waals surface area (Å²) in [5.74, 6) is 0.321. The Kier molecular flexibility index (Phi) is 2.17. The van der Waals surface area contributed by atoms with Crippen LogP contribution in [0.3, 0.4) is 0 Å². The highest BCUT2D eigenvalue weighted by atomic mass is 32.1. The number of hydrogen-bond donors (Lipinski definition) is 2. The number of thiophene rings is 1. The van der Waals surface area contributed by atoms with Crippen LogP contribution >= 0.6 is 11.3 Å². The maximum atomic E-state index is 9.84. The predicted molar refractivity (Wildman–Crippen MR) is 60.6 cm³/mol. The summed E-state index contributed by atoms with van der Waals surface area (Å²) in [5, 5.41) is 11.8. The summed E-state index contributed by atoms with van der Waals surface area (Å²) in [7, 11) is 0. The monoisotopic (exact) mass is 205 g/mol. The number of nitrogens with two attached hydrogens (primary N) is 1. The van der Waals surface area contributed by atoms with Gasteiger partial charge in [-0.15, -0.1) is 11.3 Å². The number of aryl methyl sites for hydroxylation is 1. The minimum absolute atomic E-state index is 0.321. The van der Waals surface area contributed by atoms with Crippen LogP contribution in [0.25, 0.3) is 10.4 Å². The number of nitrogen functional groups attached to an aromatic ring is 1. The standard InChI is InChI=1S/C11H11NOS/c1-7-5-8(12)6-9(11(7)13)10-3-2-4-14-10/h2-6,13H,12H2,1H3. The van der Waals surface area contributed by atoms with Crippen molar-refractivity contribution in [1.82, 2.24) is 0 Å². The smallest absolute Gasteiger partial charge is 0.127 e. The molecule has 0 amide bonds. The van der Waals surface area contributed by atoms with Gasteiger partial charge in [-0.1, -0.05) is 6.07 Å². The Hall–Kier alpha value is -1.48. The zero-order chi connectivity index (χ0) is 10.1. The molecule has 3 heteroatoms. The van der Waals surface area contributed by atoms with Crippen LogP contribution in [0.15, 0.2) is 29.6 Å². The molecule has 0 saturated carbocycles. The van der Waals surface area contributed by atoms with Crippen LogP contribution in [0.4, 0.5) is 5.69 Å². The van der Waals surface area contributed by atoms with E-state index < -0.39 is 0 Å². The molecule has 0 spiro atoms. The summed E-state index contributed by atoms with van der Waals surface area (Å²) in [4.78, 5) is 1.04. The molecular formula is C11H11NOS. The van der Waals surface area contributed by atoms with E-state index in [0.717, 1.165) is 16.0 Å². The van der Waals surface area contributed by atoms with E-state index in [4.69, 9.17) is 5.73 Å². The molecule has 0 aliphatic rings. The van der Waals surface area contributed by atoms with Crippen LogP contribution in [0.5, 0.6) is 5.75 Å². The van der Waals surface area contributed by atoms with Crippen molar-refractivity contribution in [3.8, 4) is 16.2 Å². The van der Waals surface area contributed by atoms with E-state index in [1.165, 1.54) is 0 Å². The van der Waals surface area contributed by atoms with E-state index in [9.17, 15) is 5.11 Å². The van der Waals surface area contributed by atoms with Gasteiger partial charge in [-0.2, -0.15) is 0 Å². The Morgan fingerprint density at radius 2 is 2.14 bits per heavy atom. The predicted octanol–water partition coefficient (Wildman–Crippen LogP) is 3.01. The molecule has 2 aromatic rings. The highest BCUT2D eigenvalue weighted by Gasteiger charge is 2.08. The van der Waals surface area contributed by atoms with Crippen molar-refractivity contribution in [3.63, 3.8) is 0 Å². The summed E-state index contributed by atoms with van der Waals surface area (Å²) >= 11 is 1.59. The molecule has 0 aliphatic carbocycles. The molecule has 0 bridgehead atoms. The van der Waals surface area contributed by atoms with Crippen LogP contribution in [-0.2, 0) is 0 Å². The lowest BCUT2D eigenvalue weighted by Gasteiger charge is -2.06. The molecule has 0 radical (unpaired) electrons. The average Bonchev–Trinajstić information content (AvgIpc) is 2.63. The molecule has 0 fully saturated rings. The van der Waals surface area contributed by atoms with Gasteiger partial charge in [-0.25, -0.2) is 0 Å². The molecule has 0 saturated heterocycles. The van der Waals surface area contributed by atoms with E-state index in [0.29, 0.717) is 11.4 Å². The van der Waals surface area contributed by atoms with E-state index in [-0.39, 0.29) is 0 Å². The van der Waals surface area contributed by atoms with E-state index in [1.54, 1.807) is 23.5 Å². The number of phenols is 1. The molecule has 0 atom stereocenters. The van der Waals surface area contributed by atoms with Crippen molar-refractivity contribution in [1.29, 1.82) is 0 Å². The highest BCUT2D eigenvalue weighted by Crippen LogP contribution is 2.36. The Labute approximate surface area is 86.6 Å². The van der Waals surface area contributed by atoms with Crippen LogP contribution in [-0.4, -0.2) is 5.11 Å². The topological polar surface area (TPSA) is 46.2 Å². The number of phenolic OH excluding ortho intramolecular Hbond substituents is 1. The molecule has 1 aromatic carbocycles. The quantitative estimate of drug-likeness (QED) is 0.555. The summed E-state index contributed by atoms with van der Waals surface area (Å²) in [5.41, 5.74) is 8.04. The van der Waals surface area contributed by atoms with Gasteiger partial charge in [-0.3, -0.25) is 0 Å². The minimum atomic E-state index is 0.321. The number of benzene rings is 1. The van der Waals surface area contributed by atoms with Gasteiger partial charge in [0.2, 0.25) is 0 Å². The summed E-state index contributed by atoms with van der Waals surface area (Å²) in [6.07, 6.45) is 0. The lowest BCUT2D eigenvalue weighted by Crippen LogP contribution is -1.88. The summed E-state index contributed by atoms with van der Waals surface area (Å²) in [6, 6.07) is 7.50. The molecule has 0 aliphatic heterocycles. The SMILES string of the molecule is Cc1cc(N)cc(-c2cccs2)c1O. The van der Waals surface area contributed by atoms with E-state index >= 15 is 0 Å². The van der Waals surface area contributed by atoms with Gasteiger partial charge in [0.1, 0.15) is 5.75 Å². The van der Waals surface area contributed by atoms with Crippen LogP contribution in [0.1, 0.15) is 5.56 Å². The van der Waals surface area contributed by atoms with Gasteiger partial charge in [0, 0.05) is 16.1 Å². The van der Waals surface area contributed by atoms with Crippen LogP contribution in [0, 0.1) is 6.92 Å². The molecule has 1 heterocycles. The summed E-state index contributed by atoms with van der Waals surface area (Å²) < 4.78 is 0. The van der Waals surface area contributed by atoms with Crippen molar-refractivity contribution >= 4 is 17.0 Å². The first-order chi connectivity index (χ1) is 6.68. The molecule has 0 unspecified atom stereocenters. The molecule has 2 rings (SSSR count). The Morgan fingerprint density at radius 1 is 1.36 bits per heavy atom. The number of rotatable bonds is 1. The lowest BCUT2D eigenvalue weighted by molar-refractivity contribution is 0.473. The second-order valence-corrected chi connectivity index (χ2v) is 4.16. The van der Waals surface area contributed by atoms with Crippen LogP contribution < -0.4 is 5.73 Å². The first-order valence-electron chi connectivity index (χ1n) is 4.31. The van der Waals surface area contributed by atoms with Gasteiger partial charge >= 0.3 is 0 Å². The van der Waals surface area contributed by atoms with Gasteiger partial charge in [0.05, 0.1) is 0 Å². The van der Waals surface area contributed by atoms with Crippen molar-refractivity contribution in [2.75, 3.05) is 5.73 Å². The zero-order valence-corrected chi connectivity index (χ0v) is 8.64. The van der Waals surface area contributed by atoms with Crippen molar-refractivity contribution in [2.24, 2.45) is 0 Å². The molecular weight excluding hydrogens is 194 g/mol. The zero-order valence-electron chi connectivity index (χ0n) is 7.82. The summed E-state index contributed by atoms with van der Waals surface area (Å²) in [6.45, 7) is 1.85. The first-order valence-corrected chi connectivity index (χ1v) is 5.19.